The van der Waals surface area contributed by atoms with E-state index in [2.05, 4.69) is 18.3 Å². The van der Waals surface area contributed by atoms with Crippen LogP contribution in [-0.2, 0) is 22.4 Å². The number of amides is 1. The van der Waals surface area contributed by atoms with Gasteiger partial charge in [-0.2, -0.15) is 5.26 Å². The monoisotopic (exact) mass is 334 g/mol. The van der Waals surface area contributed by atoms with Crippen molar-refractivity contribution in [3.05, 3.63) is 16.0 Å². The largest absolute Gasteiger partial charge is 0.481 e. The number of carboxylic acids is 1. The molecule has 0 saturated carbocycles. The molecule has 0 spiro atoms. The van der Waals surface area contributed by atoms with Crippen LogP contribution in [0.15, 0.2) is 0 Å². The van der Waals surface area contributed by atoms with Crippen LogP contribution in [0.4, 0.5) is 5.00 Å². The van der Waals surface area contributed by atoms with Gasteiger partial charge in [0, 0.05) is 17.7 Å². The first-order chi connectivity index (χ1) is 10.9. The van der Waals surface area contributed by atoms with Crippen molar-refractivity contribution in [2.75, 3.05) is 5.32 Å². The molecule has 23 heavy (non-hydrogen) atoms. The highest BCUT2D eigenvalue weighted by Crippen LogP contribution is 2.40. The summed E-state index contributed by atoms with van der Waals surface area (Å²) in [4.78, 5) is 24.0. The summed E-state index contributed by atoms with van der Waals surface area (Å²) in [6.07, 6.45) is 4.23. The Morgan fingerprint density at radius 3 is 2.83 bits per heavy atom. The average molecular weight is 334 g/mol. The molecule has 0 aliphatic heterocycles. The van der Waals surface area contributed by atoms with E-state index in [4.69, 9.17) is 5.11 Å². The van der Waals surface area contributed by atoms with Gasteiger partial charge in [0.2, 0.25) is 5.91 Å². The van der Waals surface area contributed by atoms with Gasteiger partial charge in [-0.15, -0.1) is 11.3 Å². The molecule has 124 valence electrons. The summed E-state index contributed by atoms with van der Waals surface area (Å²) in [5, 5.41) is 21.6. The summed E-state index contributed by atoms with van der Waals surface area (Å²) in [5.74, 6) is -0.690. The SMILES string of the molecule is CC[C@@H]1CCc2c(sc(NC(=O)C[C@H](C)CC(=O)O)c2C#N)C1. The number of nitrogens with zero attached hydrogens (tertiary/aromatic N) is 1. The van der Waals surface area contributed by atoms with Crippen LogP contribution < -0.4 is 5.32 Å². The van der Waals surface area contributed by atoms with Crippen molar-refractivity contribution in [1.29, 1.82) is 5.26 Å². The van der Waals surface area contributed by atoms with Crippen LogP contribution in [0.25, 0.3) is 0 Å². The molecule has 1 aromatic rings. The number of nitriles is 1. The maximum Gasteiger partial charge on any atom is 0.303 e. The number of fused-ring (bicyclic) bond motifs is 1. The standard InChI is InChI=1S/C17H22N2O3S/c1-3-11-4-5-12-13(9-18)17(23-14(12)8-11)19-15(20)6-10(2)7-16(21)22/h10-11H,3-8H2,1-2H3,(H,19,20)(H,21,22)/t10-,11+/m0/s1. The molecule has 0 aromatic carbocycles. The zero-order valence-corrected chi connectivity index (χ0v) is 14.3. The quantitative estimate of drug-likeness (QED) is 0.832. The van der Waals surface area contributed by atoms with Gasteiger partial charge in [-0.25, -0.2) is 0 Å². The van der Waals surface area contributed by atoms with E-state index in [1.165, 1.54) is 16.2 Å². The maximum atomic E-state index is 12.1. The lowest BCUT2D eigenvalue weighted by Crippen LogP contribution is -2.17. The molecule has 1 aromatic heterocycles. The molecule has 2 N–H and O–H groups in total. The fourth-order valence-electron chi connectivity index (χ4n) is 3.07. The molecule has 2 rings (SSSR count). The predicted molar refractivity (Wildman–Crippen MR) is 89.5 cm³/mol. The average Bonchev–Trinajstić information content (AvgIpc) is 2.81. The molecule has 0 saturated heterocycles. The third-order valence-electron chi connectivity index (χ3n) is 4.37. The first kappa shape index (κ1) is 17.5. The molecule has 1 heterocycles. The number of anilines is 1. The molecule has 1 aliphatic carbocycles. The Labute approximate surface area is 140 Å². The Balaban J connectivity index is 2.09. The Bertz CT molecular complexity index is 645. The number of aliphatic carboxylic acids is 1. The topological polar surface area (TPSA) is 90.2 Å². The summed E-state index contributed by atoms with van der Waals surface area (Å²) in [6.45, 7) is 3.92. The second-order valence-corrected chi connectivity index (χ2v) is 7.40. The molecule has 1 amide bonds. The molecule has 0 fully saturated rings. The normalized spacial score (nSPS) is 17.9. The maximum absolute atomic E-state index is 12.1. The zero-order chi connectivity index (χ0) is 17.0. The van der Waals surface area contributed by atoms with Gasteiger partial charge in [0.05, 0.1) is 5.56 Å². The molecule has 2 atom stereocenters. The van der Waals surface area contributed by atoms with Gasteiger partial charge in [0.25, 0.3) is 0 Å². The van der Waals surface area contributed by atoms with Crippen molar-refractivity contribution in [2.24, 2.45) is 11.8 Å². The number of carboxylic acid groups (broad SMARTS) is 1. The summed E-state index contributed by atoms with van der Waals surface area (Å²) in [5.41, 5.74) is 1.69. The highest BCUT2D eigenvalue weighted by Gasteiger charge is 2.26. The van der Waals surface area contributed by atoms with Crippen LogP contribution in [0.5, 0.6) is 0 Å². The summed E-state index contributed by atoms with van der Waals surface area (Å²) >= 11 is 1.50. The minimum atomic E-state index is -0.903. The first-order valence-electron chi connectivity index (χ1n) is 8.00. The second kappa shape index (κ2) is 7.60. The predicted octanol–water partition coefficient (Wildman–Crippen LogP) is 3.57. The molecular formula is C17H22N2O3S. The van der Waals surface area contributed by atoms with Gasteiger partial charge in [-0.1, -0.05) is 20.3 Å². The van der Waals surface area contributed by atoms with Crippen molar-refractivity contribution in [2.45, 2.75) is 52.4 Å². The van der Waals surface area contributed by atoms with E-state index >= 15 is 0 Å². The van der Waals surface area contributed by atoms with Crippen LogP contribution in [-0.4, -0.2) is 17.0 Å². The van der Waals surface area contributed by atoms with E-state index in [1.54, 1.807) is 6.92 Å². The van der Waals surface area contributed by atoms with Crippen LogP contribution in [0.2, 0.25) is 0 Å². The van der Waals surface area contributed by atoms with Gasteiger partial charge in [0.1, 0.15) is 11.1 Å². The molecule has 1 aliphatic rings. The summed E-state index contributed by atoms with van der Waals surface area (Å²) in [7, 11) is 0. The molecule has 0 unspecified atom stereocenters. The van der Waals surface area contributed by atoms with Gasteiger partial charge in [-0.3, -0.25) is 9.59 Å². The van der Waals surface area contributed by atoms with E-state index in [9.17, 15) is 14.9 Å². The van der Waals surface area contributed by atoms with Crippen LogP contribution in [0.1, 0.15) is 55.5 Å². The van der Waals surface area contributed by atoms with Crippen LogP contribution >= 0.6 is 11.3 Å². The lowest BCUT2D eigenvalue weighted by Gasteiger charge is -2.20. The minimum absolute atomic E-state index is 0.0301. The Hall–Kier alpha value is -1.87. The highest BCUT2D eigenvalue weighted by atomic mass is 32.1. The van der Waals surface area contributed by atoms with Crippen LogP contribution in [0.3, 0.4) is 0 Å². The fourth-order valence-corrected chi connectivity index (χ4v) is 4.40. The lowest BCUT2D eigenvalue weighted by atomic mass is 9.86. The number of carbonyl (C=O) groups excluding carboxylic acids is 1. The van der Waals surface area contributed by atoms with E-state index in [1.807, 2.05) is 0 Å². The zero-order valence-electron chi connectivity index (χ0n) is 13.5. The molecule has 5 nitrogen and oxygen atoms in total. The lowest BCUT2D eigenvalue weighted by molar-refractivity contribution is -0.138. The first-order valence-corrected chi connectivity index (χ1v) is 8.82. The van der Waals surface area contributed by atoms with E-state index in [-0.39, 0.29) is 24.7 Å². The van der Waals surface area contributed by atoms with E-state index < -0.39 is 5.97 Å². The Morgan fingerprint density at radius 1 is 1.48 bits per heavy atom. The number of hydrogen-bond acceptors (Lipinski definition) is 4. The third-order valence-corrected chi connectivity index (χ3v) is 5.54. The highest BCUT2D eigenvalue weighted by molar-refractivity contribution is 7.16. The summed E-state index contributed by atoms with van der Waals surface area (Å²) < 4.78 is 0. The molecule has 0 radical (unpaired) electrons. The second-order valence-electron chi connectivity index (χ2n) is 6.29. The van der Waals surface area contributed by atoms with Crippen molar-refractivity contribution in [3.8, 4) is 6.07 Å². The Morgan fingerprint density at radius 2 is 2.22 bits per heavy atom. The van der Waals surface area contributed by atoms with Gasteiger partial charge >= 0.3 is 5.97 Å². The van der Waals surface area contributed by atoms with E-state index in [0.717, 1.165) is 31.2 Å². The summed E-state index contributed by atoms with van der Waals surface area (Å²) in [6, 6.07) is 2.23. The van der Waals surface area contributed by atoms with E-state index in [0.29, 0.717) is 16.5 Å². The number of thiophene rings is 1. The number of nitrogens with one attached hydrogen (secondary N) is 1. The number of hydrogen-bond donors (Lipinski definition) is 2. The Kier molecular flexibility index (Phi) is 5.78. The van der Waals surface area contributed by atoms with Gasteiger partial charge in [0.15, 0.2) is 0 Å². The minimum Gasteiger partial charge on any atom is -0.481 e. The van der Waals surface area contributed by atoms with Crippen molar-refractivity contribution in [1.82, 2.24) is 0 Å². The molecular weight excluding hydrogens is 312 g/mol. The fraction of sp³-hybridized carbons (Fsp3) is 0.588. The van der Waals surface area contributed by atoms with Gasteiger partial charge in [-0.05, 0) is 36.7 Å². The molecule has 0 bridgehead atoms. The third kappa shape index (κ3) is 4.32. The van der Waals surface area contributed by atoms with Crippen molar-refractivity contribution < 1.29 is 14.7 Å². The number of rotatable bonds is 6. The van der Waals surface area contributed by atoms with Crippen molar-refractivity contribution >= 4 is 28.2 Å². The number of carbonyl (C=O) groups is 2. The van der Waals surface area contributed by atoms with Crippen LogP contribution in [0, 0.1) is 23.2 Å². The van der Waals surface area contributed by atoms with Crippen molar-refractivity contribution in [3.63, 3.8) is 0 Å². The smallest absolute Gasteiger partial charge is 0.303 e. The van der Waals surface area contributed by atoms with Gasteiger partial charge < -0.3 is 10.4 Å². The molecule has 6 heteroatoms.